The van der Waals surface area contributed by atoms with Crippen molar-refractivity contribution in [2.45, 2.75) is 13.0 Å². The fourth-order valence-electron chi connectivity index (χ4n) is 3.68. The highest BCUT2D eigenvalue weighted by Crippen LogP contribution is 2.25. The van der Waals surface area contributed by atoms with Gasteiger partial charge in [0.05, 0.1) is 34.3 Å². The second-order valence-electron chi connectivity index (χ2n) is 7.11. The van der Waals surface area contributed by atoms with Crippen molar-refractivity contribution < 1.29 is 14.4 Å². The van der Waals surface area contributed by atoms with Gasteiger partial charge in [-0.15, -0.1) is 0 Å². The van der Waals surface area contributed by atoms with E-state index in [9.17, 15) is 20.0 Å². The van der Waals surface area contributed by atoms with E-state index in [2.05, 4.69) is 4.98 Å². The molecule has 0 bridgehead atoms. The van der Waals surface area contributed by atoms with Gasteiger partial charge in [0, 0.05) is 18.6 Å². The number of imidazole rings is 1. The lowest BCUT2D eigenvalue weighted by Gasteiger charge is -2.14. The Morgan fingerprint density at radius 2 is 1.84 bits per heavy atom. The van der Waals surface area contributed by atoms with Crippen molar-refractivity contribution in [1.82, 2.24) is 14.0 Å². The second kappa shape index (κ2) is 7.13. The highest BCUT2D eigenvalue weighted by molar-refractivity contribution is 5.79. The molecule has 2 aromatic carbocycles. The Bertz CT molecular complexity index is 1480. The number of fused-ring (bicyclic) bond motifs is 3. The summed E-state index contributed by atoms with van der Waals surface area (Å²) >= 11 is 0. The maximum atomic E-state index is 13.4. The summed E-state index contributed by atoms with van der Waals surface area (Å²) in [4.78, 5) is 28.3. The lowest BCUT2D eigenvalue weighted by molar-refractivity contribution is -0.384. The molecule has 0 spiro atoms. The third-order valence-corrected chi connectivity index (χ3v) is 5.19. The molecule has 154 valence electrons. The molecule has 0 amide bonds. The molecule has 3 aromatic heterocycles. The van der Waals surface area contributed by atoms with Gasteiger partial charge < -0.3 is 9.52 Å². The van der Waals surface area contributed by atoms with E-state index < -0.39 is 10.5 Å². The fourth-order valence-corrected chi connectivity index (χ4v) is 3.68. The Balaban J connectivity index is 1.72. The van der Waals surface area contributed by atoms with Crippen molar-refractivity contribution in [1.29, 1.82) is 0 Å². The largest absolute Gasteiger partial charge is 0.494 e. The van der Waals surface area contributed by atoms with Crippen molar-refractivity contribution in [3.63, 3.8) is 0 Å². The Kier molecular flexibility index (Phi) is 4.28. The Morgan fingerprint density at radius 3 is 2.55 bits per heavy atom. The second-order valence-corrected chi connectivity index (χ2v) is 7.11. The number of aromatic hydroxyl groups is 1. The van der Waals surface area contributed by atoms with Gasteiger partial charge in [0.15, 0.2) is 0 Å². The lowest BCUT2D eigenvalue weighted by atomic mass is 10.1. The van der Waals surface area contributed by atoms with Gasteiger partial charge in [-0.25, -0.2) is 9.38 Å². The topological polar surface area (TPSA) is 116 Å². The lowest BCUT2D eigenvalue weighted by Crippen LogP contribution is -2.23. The first-order valence-corrected chi connectivity index (χ1v) is 9.50. The summed E-state index contributed by atoms with van der Waals surface area (Å²) in [6.07, 6.45) is 1.63. The number of rotatable bonds is 5. The van der Waals surface area contributed by atoms with Gasteiger partial charge in [-0.3, -0.25) is 19.5 Å². The van der Waals surface area contributed by atoms with Crippen molar-refractivity contribution in [3.05, 3.63) is 104 Å². The van der Waals surface area contributed by atoms with Crippen LogP contribution in [0.3, 0.4) is 0 Å². The van der Waals surface area contributed by atoms with Crippen LogP contribution >= 0.6 is 0 Å². The first kappa shape index (κ1) is 18.6. The number of aromatic nitrogens is 3. The molecule has 1 N–H and O–H groups in total. The van der Waals surface area contributed by atoms with Crippen LogP contribution in [0.1, 0.15) is 16.9 Å². The number of hydrogen-bond donors (Lipinski definition) is 1. The molecule has 0 fully saturated rings. The number of nitrogens with zero attached hydrogens (tertiary/aromatic N) is 4. The van der Waals surface area contributed by atoms with Crippen LogP contribution in [0.4, 0.5) is 5.69 Å². The van der Waals surface area contributed by atoms with Crippen LogP contribution < -0.4 is 5.56 Å². The van der Waals surface area contributed by atoms with Crippen LogP contribution in [-0.4, -0.2) is 24.0 Å². The van der Waals surface area contributed by atoms with E-state index in [4.69, 9.17) is 4.42 Å². The Morgan fingerprint density at radius 1 is 1.06 bits per heavy atom. The molecule has 5 aromatic rings. The molecule has 9 heteroatoms. The van der Waals surface area contributed by atoms with E-state index in [1.165, 1.54) is 27.4 Å². The van der Waals surface area contributed by atoms with Gasteiger partial charge in [0.2, 0.25) is 11.7 Å². The zero-order valence-corrected chi connectivity index (χ0v) is 16.1. The van der Waals surface area contributed by atoms with E-state index in [-0.39, 0.29) is 30.1 Å². The SMILES string of the molecule is O=c1c(Cc2ccc([N+](=O)[O-])cc2)c(O)n(Cc2ccco2)c2nc3ccccc3n12. The third kappa shape index (κ3) is 3.12. The zero-order chi connectivity index (χ0) is 21.5. The van der Waals surface area contributed by atoms with Crippen molar-refractivity contribution >= 4 is 22.5 Å². The molecule has 9 nitrogen and oxygen atoms in total. The molecule has 0 aliphatic carbocycles. The van der Waals surface area contributed by atoms with Crippen LogP contribution in [0.25, 0.3) is 16.8 Å². The normalized spacial score (nSPS) is 11.4. The molecule has 5 rings (SSSR count). The summed E-state index contributed by atoms with van der Waals surface area (Å²) in [5.41, 5.74) is 1.64. The number of hydrogen-bond acceptors (Lipinski definition) is 6. The van der Waals surface area contributed by atoms with Gasteiger partial charge >= 0.3 is 0 Å². The molecule has 0 aliphatic rings. The van der Waals surface area contributed by atoms with Crippen LogP contribution in [0, 0.1) is 10.1 Å². The van der Waals surface area contributed by atoms with E-state index in [1.54, 1.807) is 36.4 Å². The summed E-state index contributed by atoms with van der Waals surface area (Å²) in [5.74, 6) is 0.671. The Labute approximate surface area is 174 Å². The molecule has 0 radical (unpaired) electrons. The third-order valence-electron chi connectivity index (χ3n) is 5.19. The molecule has 31 heavy (non-hydrogen) atoms. The van der Waals surface area contributed by atoms with Crippen LogP contribution in [0.2, 0.25) is 0 Å². The minimum Gasteiger partial charge on any atom is -0.494 e. The zero-order valence-electron chi connectivity index (χ0n) is 16.1. The number of furan rings is 1. The minimum absolute atomic E-state index is 0.0424. The van der Waals surface area contributed by atoms with E-state index in [1.807, 2.05) is 12.1 Å². The number of nitro benzene ring substituents is 1. The highest BCUT2D eigenvalue weighted by atomic mass is 16.6. The summed E-state index contributed by atoms with van der Waals surface area (Å²) in [6, 6.07) is 16.6. The number of benzene rings is 2. The minimum atomic E-state index is -0.485. The molecule has 0 saturated carbocycles. The average Bonchev–Trinajstić information content (AvgIpc) is 3.42. The van der Waals surface area contributed by atoms with E-state index >= 15 is 0 Å². The Hall–Kier alpha value is -4.40. The van der Waals surface area contributed by atoms with Gasteiger partial charge in [-0.2, -0.15) is 0 Å². The summed E-state index contributed by atoms with van der Waals surface area (Å²) < 4.78 is 8.43. The molecule has 3 heterocycles. The first-order valence-electron chi connectivity index (χ1n) is 9.50. The summed E-state index contributed by atoms with van der Waals surface area (Å²) in [5, 5.41) is 22.0. The fraction of sp³-hybridized carbons (Fsp3) is 0.0909. The molecule has 0 atom stereocenters. The highest BCUT2D eigenvalue weighted by Gasteiger charge is 2.21. The van der Waals surface area contributed by atoms with Crippen LogP contribution in [-0.2, 0) is 13.0 Å². The molecule has 0 unspecified atom stereocenters. The van der Waals surface area contributed by atoms with Crippen molar-refractivity contribution in [2.24, 2.45) is 0 Å². The van der Waals surface area contributed by atoms with Crippen molar-refractivity contribution in [3.8, 4) is 5.88 Å². The number of non-ortho nitro benzene ring substituents is 1. The van der Waals surface area contributed by atoms with Gasteiger partial charge in [-0.1, -0.05) is 24.3 Å². The standard InChI is InChI=1S/C22H16N4O5/c27-20-17(12-14-7-9-15(10-8-14)26(29)30)21(28)25-19-6-2-1-5-18(19)23-22(25)24(20)13-16-4-3-11-31-16/h1-11,27H,12-13H2. The van der Waals surface area contributed by atoms with Crippen molar-refractivity contribution in [2.75, 3.05) is 0 Å². The van der Waals surface area contributed by atoms with E-state index in [0.29, 0.717) is 28.1 Å². The van der Waals surface area contributed by atoms with Crippen LogP contribution in [0.15, 0.2) is 76.1 Å². The van der Waals surface area contributed by atoms with E-state index in [0.717, 1.165) is 0 Å². The van der Waals surface area contributed by atoms with Gasteiger partial charge in [0.25, 0.3) is 11.2 Å². The summed E-state index contributed by atoms with van der Waals surface area (Å²) in [7, 11) is 0. The monoisotopic (exact) mass is 416 g/mol. The predicted molar refractivity (Wildman–Crippen MR) is 112 cm³/mol. The smallest absolute Gasteiger partial charge is 0.269 e. The average molecular weight is 416 g/mol. The van der Waals surface area contributed by atoms with Gasteiger partial charge in [0.1, 0.15) is 5.76 Å². The number of para-hydroxylation sites is 2. The summed E-state index contributed by atoms with van der Waals surface area (Å²) in [6.45, 7) is 0.180. The molecular weight excluding hydrogens is 400 g/mol. The molecular formula is C22H16N4O5. The predicted octanol–water partition coefficient (Wildman–Crippen LogP) is 3.50. The first-order chi connectivity index (χ1) is 15.0. The molecule has 0 aliphatic heterocycles. The quantitative estimate of drug-likeness (QED) is 0.346. The molecule has 0 saturated heterocycles. The maximum absolute atomic E-state index is 13.4. The van der Waals surface area contributed by atoms with Gasteiger partial charge in [-0.05, 0) is 29.8 Å². The van der Waals surface area contributed by atoms with Crippen LogP contribution in [0.5, 0.6) is 5.88 Å². The number of nitro groups is 1. The maximum Gasteiger partial charge on any atom is 0.269 e.